The lowest BCUT2D eigenvalue weighted by atomic mass is 10.0. The van der Waals surface area contributed by atoms with Crippen molar-refractivity contribution in [1.29, 1.82) is 0 Å². The molecule has 0 heterocycles. The summed E-state index contributed by atoms with van der Waals surface area (Å²) in [6.07, 6.45) is 2.02. The summed E-state index contributed by atoms with van der Waals surface area (Å²) in [5.41, 5.74) is 2.07. The molecule has 1 atom stereocenters. The summed E-state index contributed by atoms with van der Waals surface area (Å²) in [7, 11) is 1.58. The van der Waals surface area contributed by atoms with Gasteiger partial charge in [-0.3, -0.25) is 9.59 Å². The van der Waals surface area contributed by atoms with Crippen LogP contribution in [0, 0.1) is 5.82 Å². The minimum absolute atomic E-state index is 0.135. The third-order valence-corrected chi connectivity index (χ3v) is 5.89. The van der Waals surface area contributed by atoms with E-state index in [0.717, 1.165) is 24.0 Å². The van der Waals surface area contributed by atoms with Gasteiger partial charge < -0.3 is 15.0 Å². The molecule has 3 aromatic rings. The number of rotatable bonds is 12. The van der Waals surface area contributed by atoms with Gasteiger partial charge in [0.15, 0.2) is 0 Å². The predicted molar refractivity (Wildman–Crippen MR) is 135 cm³/mol. The highest BCUT2D eigenvalue weighted by molar-refractivity contribution is 5.88. The molecular formula is C29H33FN2O3. The van der Waals surface area contributed by atoms with Crippen LogP contribution >= 0.6 is 0 Å². The van der Waals surface area contributed by atoms with Crippen molar-refractivity contribution in [2.45, 2.75) is 45.2 Å². The number of benzene rings is 3. The van der Waals surface area contributed by atoms with Gasteiger partial charge in [0.2, 0.25) is 11.8 Å². The Morgan fingerprint density at radius 1 is 0.971 bits per heavy atom. The average molecular weight is 477 g/mol. The first-order valence-corrected chi connectivity index (χ1v) is 12.0. The largest absolute Gasteiger partial charge is 0.497 e. The zero-order valence-corrected chi connectivity index (χ0v) is 20.4. The standard InChI is InChI=1S/C29H33FN2O3/c1-3-4-17-31-29(34)27(19-22-11-6-5-7-12-22)32(21-23-13-10-15-25(18-23)35-2)28(33)20-24-14-8-9-16-26(24)30/h5-16,18,27H,3-4,17,19-21H2,1-2H3,(H,31,34)/t27-/m1/s1. The minimum atomic E-state index is -0.750. The molecule has 184 valence electrons. The average Bonchev–Trinajstić information content (AvgIpc) is 2.88. The van der Waals surface area contributed by atoms with E-state index in [4.69, 9.17) is 4.74 Å². The van der Waals surface area contributed by atoms with Crippen LogP contribution in [0.1, 0.15) is 36.5 Å². The van der Waals surface area contributed by atoms with E-state index >= 15 is 0 Å². The summed E-state index contributed by atoms with van der Waals surface area (Å²) in [5.74, 6) is -0.304. The van der Waals surface area contributed by atoms with Gasteiger partial charge in [0.05, 0.1) is 13.5 Å². The molecule has 0 spiro atoms. The van der Waals surface area contributed by atoms with E-state index in [9.17, 15) is 14.0 Å². The van der Waals surface area contributed by atoms with Crippen molar-refractivity contribution in [2.75, 3.05) is 13.7 Å². The predicted octanol–water partition coefficient (Wildman–Crippen LogP) is 4.93. The van der Waals surface area contributed by atoms with Gasteiger partial charge in [-0.1, -0.05) is 74.0 Å². The summed E-state index contributed by atoms with van der Waals surface area (Å²) < 4.78 is 19.7. The van der Waals surface area contributed by atoms with E-state index in [1.165, 1.54) is 6.07 Å². The number of nitrogens with one attached hydrogen (secondary N) is 1. The first kappa shape index (κ1) is 25.9. The van der Waals surface area contributed by atoms with E-state index in [1.807, 2.05) is 54.6 Å². The number of hydrogen-bond donors (Lipinski definition) is 1. The van der Waals surface area contributed by atoms with Crippen LogP contribution in [0.15, 0.2) is 78.9 Å². The highest BCUT2D eigenvalue weighted by Crippen LogP contribution is 2.20. The smallest absolute Gasteiger partial charge is 0.243 e. The van der Waals surface area contributed by atoms with E-state index in [-0.39, 0.29) is 24.8 Å². The van der Waals surface area contributed by atoms with Crippen molar-refractivity contribution >= 4 is 11.8 Å². The number of unbranched alkanes of at least 4 members (excludes halogenated alkanes) is 1. The molecule has 0 aliphatic rings. The van der Waals surface area contributed by atoms with Gasteiger partial charge >= 0.3 is 0 Å². The lowest BCUT2D eigenvalue weighted by Crippen LogP contribution is -2.51. The Morgan fingerprint density at radius 2 is 1.69 bits per heavy atom. The van der Waals surface area contributed by atoms with E-state index in [0.29, 0.717) is 24.3 Å². The summed E-state index contributed by atoms with van der Waals surface area (Å²) in [6, 6.07) is 22.5. The normalized spacial score (nSPS) is 11.5. The van der Waals surface area contributed by atoms with E-state index in [1.54, 1.807) is 30.2 Å². The topological polar surface area (TPSA) is 58.6 Å². The highest BCUT2D eigenvalue weighted by atomic mass is 19.1. The first-order valence-electron chi connectivity index (χ1n) is 12.0. The van der Waals surface area contributed by atoms with Crippen molar-refractivity contribution in [3.63, 3.8) is 0 Å². The summed E-state index contributed by atoms with van der Waals surface area (Å²) >= 11 is 0. The monoisotopic (exact) mass is 476 g/mol. The fourth-order valence-electron chi connectivity index (χ4n) is 3.93. The Bertz CT molecular complexity index is 1100. The molecule has 0 unspecified atom stereocenters. The van der Waals surface area contributed by atoms with Crippen LogP contribution in [0.4, 0.5) is 4.39 Å². The van der Waals surface area contributed by atoms with Crippen molar-refractivity contribution < 1.29 is 18.7 Å². The van der Waals surface area contributed by atoms with Gasteiger partial charge in [-0.15, -0.1) is 0 Å². The van der Waals surface area contributed by atoms with Crippen LogP contribution in [0.25, 0.3) is 0 Å². The highest BCUT2D eigenvalue weighted by Gasteiger charge is 2.30. The number of hydrogen-bond acceptors (Lipinski definition) is 3. The number of carbonyl (C=O) groups is 2. The van der Waals surface area contributed by atoms with Crippen molar-refractivity contribution in [3.05, 3.63) is 101 Å². The molecule has 2 amide bonds. The maximum absolute atomic E-state index is 14.4. The van der Waals surface area contributed by atoms with Crippen LogP contribution < -0.4 is 10.1 Å². The minimum Gasteiger partial charge on any atom is -0.497 e. The number of amides is 2. The summed E-state index contributed by atoms with van der Waals surface area (Å²) in [6.45, 7) is 2.79. The molecule has 0 saturated carbocycles. The van der Waals surface area contributed by atoms with Gasteiger partial charge in [0, 0.05) is 19.5 Å². The van der Waals surface area contributed by atoms with Gasteiger partial charge in [0.25, 0.3) is 0 Å². The molecule has 0 aliphatic heterocycles. The first-order chi connectivity index (χ1) is 17.0. The molecule has 35 heavy (non-hydrogen) atoms. The molecule has 1 N–H and O–H groups in total. The third-order valence-electron chi connectivity index (χ3n) is 5.89. The maximum Gasteiger partial charge on any atom is 0.243 e. The number of methoxy groups -OCH3 is 1. The van der Waals surface area contributed by atoms with Crippen LogP contribution in [0.2, 0.25) is 0 Å². The third kappa shape index (κ3) is 7.67. The molecule has 3 aromatic carbocycles. The molecule has 0 aliphatic carbocycles. The lowest BCUT2D eigenvalue weighted by molar-refractivity contribution is -0.140. The second-order valence-corrected chi connectivity index (χ2v) is 8.49. The summed E-state index contributed by atoms with van der Waals surface area (Å²) in [4.78, 5) is 28.6. The zero-order valence-electron chi connectivity index (χ0n) is 20.4. The van der Waals surface area contributed by atoms with E-state index in [2.05, 4.69) is 12.2 Å². The fourth-order valence-corrected chi connectivity index (χ4v) is 3.93. The molecule has 5 nitrogen and oxygen atoms in total. The fraction of sp³-hybridized carbons (Fsp3) is 0.310. The van der Waals surface area contributed by atoms with Crippen molar-refractivity contribution in [2.24, 2.45) is 0 Å². The number of halogens is 1. The van der Waals surface area contributed by atoms with Gasteiger partial charge in [-0.2, -0.15) is 0 Å². The number of nitrogens with zero attached hydrogens (tertiary/aromatic N) is 1. The molecule has 0 radical (unpaired) electrons. The molecule has 0 saturated heterocycles. The quantitative estimate of drug-likeness (QED) is 0.377. The van der Waals surface area contributed by atoms with Crippen LogP contribution in [-0.2, 0) is 29.0 Å². The van der Waals surface area contributed by atoms with Gasteiger partial charge in [-0.25, -0.2) is 4.39 Å². The summed E-state index contributed by atoms with van der Waals surface area (Å²) in [5, 5.41) is 2.99. The van der Waals surface area contributed by atoms with Gasteiger partial charge in [-0.05, 0) is 41.3 Å². The molecule has 6 heteroatoms. The SMILES string of the molecule is CCCCNC(=O)[C@@H](Cc1ccccc1)N(Cc1cccc(OC)c1)C(=O)Cc1ccccc1F. The molecule has 0 fully saturated rings. The number of ether oxygens (including phenoxy) is 1. The Hall–Kier alpha value is -3.67. The Kier molecular flexibility index (Phi) is 9.84. The Labute approximate surface area is 206 Å². The Morgan fingerprint density at radius 3 is 2.40 bits per heavy atom. The second kappa shape index (κ2) is 13.3. The second-order valence-electron chi connectivity index (χ2n) is 8.49. The molecular weight excluding hydrogens is 443 g/mol. The molecule has 0 aromatic heterocycles. The Balaban J connectivity index is 1.96. The van der Waals surface area contributed by atoms with Crippen LogP contribution in [-0.4, -0.2) is 36.4 Å². The van der Waals surface area contributed by atoms with Crippen LogP contribution in [0.5, 0.6) is 5.75 Å². The molecule has 0 bridgehead atoms. The van der Waals surface area contributed by atoms with Crippen LogP contribution in [0.3, 0.4) is 0 Å². The van der Waals surface area contributed by atoms with E-state index < -0.39 is 11.9 Å². The zero-order chi connectivity index (χ0) is 25.0. The number of carbonyl (C=O) groups excluding carboxylic acids is 2. The maximum atomic E-state index is 14.4. The van der Waals surface area contributed by atoms with Crippen molar-refractivity contribution in [1.82, 2.24) is 10.2 Å². The molecule has 3 rings (SSSR count). The van der Waals surface area contributed by atoms with Crippen molar-refractivity contribution in [3.8, 4) is 5.75 Å². The lowest BCUT2D eigenvalue weighted by Gasteiger charge is -2.32. The van der Waals surface area contributed by atoms with Gasteiger partial charge in [0.1, 0.15) is 17.6 Å².